The first kappa shape index (κ1) is 15.7. The summed E-state index contributed by atoms with van der Waals surface area (Å²) in [4.78, 5) is 16.2. The maximum atomic E-state index is 11.9. The SMILES string of the molecule is CC(NC(=O)CNCC1CC1)c1noc(Cc2ccccc2)n1. The number of hydrogen-bond donors (Lipinski definition) is 2. The van der Waals surface area contributed by atoms with Gasteiger partial charge >= 0.3 is 0 Å². The van der Waals surface area contributed by atoms with Crippen LogP contribution in [0, 0.1) is 5.92 Å². The third-order valence-corrected chi connectivity index (χ3v) is 3.86. The zero-order valence-corrected chi connectivity index (χ0v) is 13.3. The number of rotatable bonds is 8. The van der Waals surface area contributed by atoms with E-state index in [1.807, 2.05) is 37.3 Å². The molecule has 0 saturated heterocycles. The maximum absolute atomic E-state index is 11.9. The topological polar surface area (TPSA) is 80.0 Å². The standard InChI is InChI=1S/C17H22N4O2/c1-12(19-15(22)11-18-10-14-7-8-14)17-20-16(23-21-17)9-13-5-3-2-4-6-13/h2-6,12,14,18H,7-11H2,1H3,(H,19,22). The number of amides is 1. The van der Waals surface area contributed by atoms with Crippen molar-refractivity contribution in [3.8, 4) is 0 Å². The van der Waals surface area contributed by atoms with Crippen LogP contribution in [0.1, 0.15) is 43.1 Å². The molecule has 0 radical (unpaired) electrons. The van der Waals surface area contributed by atoms with Gasteiger partial charge in [0.15, 0.2) is 5.82 Å². The molecule has 1 heterocycles. The molecule has 6 heteroatoms. The highest BCUT2D eigenvalue weighted by Crippen LogP contribution is 2.27. The molecule has 1 saturated carbocycles. The van der Waals surface area contributed by atoms with Gasteiger partial charge in [-0.15, -0.1) is 0 Å². The van der Waals surface area contributed by atoms with E-state index in [1.54, 1.807) is 0 Å². The molecule has 6 nitrogen and oxygen atoms in total. The normalized spacial score (nSPS) is 15.3. The van der Waals surface area contributed by atoms with Crippen molar-refractivity contribution in [1.82, 2.24) is 20.8 Å². The van der Waals surface area contributed by atoms with Gasteiger partial charge in [-0.3, -0.25) is 4.79 Å². The minimum atomic E-state index is -0.265. The summed E-state index contributed by atoms with van der Waals surface area (Å²) in [6.45, 7) is 3.11. The Morgan fingerprint density at radius 2 is 2.13 bits per heavy atom. The zero-order valence-electron chi connectivity index (χ0n) is 13.3. The second-order valence-electron chi connectivity index (χ2n) is 6.07. The van der Waals surface area contributed by atoms with Crippen LogP contribution in [0.25, 0.3) is 0 Å². The van der Waals surface area contributed by atoms with Crippen molar-refractivity contribution in [2.75, 3.05) is 13.1 Å². The van der Waals surface area contributed by atoms with Crippen LogP contribution in [0.3, 0.4) is 0 Å². The lowest BCUT2D eigenvalue weighted by atomic mass is 10.1. The molecule has 1 aliphatic rings. The Balaban J connectivity index is 1.47. The Kier molecular flexibility index (Phi) is 5.02. The van der Waals surface area contributed by atoms with E-state index >= 15 is 0 Å². The van der Waals surface area contributed by atoms with Crippen molar-refractivity contribution in [1.29, 1.82) is 0 Å². The van der Waals surface area contributed by atoms with Crippen molar-refractivity contribution in [2.45, 2.75) is 32.2 Å². The number of hydrogen-bond acceptors (Lipinski definition) is 5. The minimum absolute atomic E-state index is 0.0486. The fourth-order valence-electron chi connectivity index (χ4n) is 2.36. The molecule has 0 bridgehead atoms. The Hall–Kier alpha value is -2.21. The van der Waals surface area contributed by atoms with Gasteiger partial charge in [0.1, 0.15) is 0 Å². The van der Waals surface area contributed by atoms with E-state index in [4.69, 9.17) is 4.52 Å². The zero-order chi connectivity index (χ0) is 16.1. The summed E-state index contributed by atoms with van der Waals surface area (Å²) >= 11 is 0. The Bertz CT molecular complexity index is 637. The van der Waals surface area contributed by atoms with Crippen LogP contribution in [-0.4, -0.2) is 29.1 Å². The fourth-order valence-corrected chi connectivity index (χ4v) is 2.36. The molecule has 122 valence electrons. The van der Waals surface area contributed by atoms with E-state index in [0.29, 0.717) is 24.7 Å². The molecule has 1 aromatic heterocycles. The van der Waals surface area contributed by atoms with Crippen molar-refractivity contribution >= 4 is 5.91 Å². The van der Waals surface area contributed by atoms with E-state index in [2.05, 4.69) is 20.8 Å². The highest BCUT2D eigenvalue weighted by Gasteiger charge is 2.21. The molecule has 1 atom stereocenters. The Morgan fingerprint density at radius 1 is 1.35 bits per heavy atom. The van der Waals surface area contributed by atoms with E-state index < -0.39 is 0 Å². The third kappa shape index (κ3) is 4.89. The van der Waals surface area contributed by atoms with Gasteiger partial charge in [-0.05, 0) is 37.8 Å². The van der Waals surface area contributed by atoms with E-state index in [9.17, 15) is 4.79 Å². The first-order chi connectivity index (χ1) is 11.2. The van der Waals surface area contributed by atoms with Gasteiger partial charge in [-0.1, -0.05) is 35.5 Å². The average molecular weight is 314 g/mol. The van der Waals surface area contributed by atoms with E-state index in [0.717, 1.165) is 18.0 Å². The third-order valence-electron chi connectivity index (χ3n) is 3.86. The molecule has 1 fully saturated rings. The van der Waals surface area contributed by atoms with Crippen LogP contribution in [-0.2, 0) is 11.2 Å². The fraction of sp³-hybridized carbons (Fsp3) is 0.471. The number of carbonyl (C=O) groups excluding carboxylic acids is 1. The van der Waals surface area contributed by atoms with Gasteiger partial charge in [-0.2, -0.15) is 4.98 Å². The van der Waals surface area contributed by atoms with Gasteiger partial charge in [0.05, 0.1) is 19.0 Å². The predicted octanol–water partition coefficient (Wildman–Crippen LogP) is 1.84. The number of carbonyl (C=O) groups is 1. The van der Waals surface area contributed by atoms with Crippen molar-refractivity contribution in [2.24, 2.45) is 5.92 Å². The smallest absolute Gasteiger partial charge is 0.234 e. The number of aromatic nitrogens is 2. The molecular weight excluding hydrogens is 292 g/mol. The number of benzene rings is 1. The monoisotopic (exact) mass is 314 g/mol. The van der Waals surface area contributed by atoms with Gasteiger partial charge in [-0.25, -0.2) is 0 Å². The van der Waals surface area contributed by atoms with Gasteiger partial charge in [0.2, 0.25) is 11.8 Å². The summed E-state index contributed by atoms with van der Waals surface area (Å²) in [5.74, 6) is 1.77. The van der Waals surface area contributed by atoms with E-state index in [1.165, 1.54) is 12.8 Å². The second-order valence-corrected chi connectivity index (χ2v) is 6.07. The molecule has 3 rings (SSSR count). The number of nitrogens with zero attached hydrogens (tertiary/aromatic N) is 2. The van der Waals surface area contributed by atoms with Crippen LogP contribution >= 0.6 is 0 Å². The largest absolute Gasteiger partial charge is 0.345 e. The molecule has 1 aliphatic carbocycles. The maximum Gasteiger partial charge on any atom is 0.234 e. The van der Waals surface area contributed by atoms with E-state index in [-0.39, 0.29) is 11.9 Å². The molecule has 0 spiro atoms. The Labute approximate surface area is 135 Å². The summed E-state index contributed by atoms with van der Waals surface area (Å²) in [6.07, 6.45) is 3.15. The highest BCUT2D eigenvalue weighted by molar-refractivity contribution is 5.78. The molecule has 2 N–H and O–H groups in total. The van der Waals surface area contributed by atoms with Gasteiger partial charge in [0, 0.05) is 0 Å². The molecule has 1 unspecified atom stereocenters. The van der Waals surface area contributed by atoms with Crippen LogP contribution in [0.2, 0.25) is 0 Å². The first-order valence-electron chi connectivity index (χ1n) is 8.07. The highest BCUT2D eigenvalue weighted by atomic mass is 16.5. The molecule has 1 aromatic carbocycles. The van der Waals surface area contributed by atoms with Crippen molar-refractivity contribution < 1.29 is 9.32 Å². The molecule has 0 aliphatic heterocycles. The van der Waals surface area contributed by atoms with Crippen LogP contribution < -0.4 is 10.6 Å². The van der Waals surface area contributed by atoms with Crippen LogP contribution in [0.5, 0.6) is 0 Å². The van der Waals surface area contributed by atoms with Gasteiger partial charge in [0.25, 0.3) is 0 Å². The molecule has 23 heavy (non-hydrogen) atoms. The quantitative estimate of drug-likeness (QED) is 0.777. The lowest BCUT2D eigenvalue weighted by Crippen LogP contribution is -2.36. The van der Waals surface area contributed by atoms with Crippen LogP contribution in [0.4, 0.5) is 0 Å². The first-order valence-corrected chi connectivity index (χ1v) is 8.07. The molecule has 1 amide bonds. The lowest BCUT2D eigenvalue weighted by Gasteiger charge is -2.10. The van der Waals surface area contributed by atoms with Crippen LogP contribution in [0.15, 0.2) is 34.9 Å². The summed E-state index contributed by atoms with van der Waals surface area (Å²) in [5, 5.41) is 10.0. The average Bonchev–Trinajstić information content (AvgIpc) is 3.25. The Morgan fingerprint density at radius 3 is 2.87 bits per heavy atom. The minimum Gasteiger partial charge on any atom is -0.345 e. The summed E-state index contributed by atoms with van der Waals surface area (Å²) < 4.78 is 5.26. The molecule has 2 aromatic rings. The van der Waals surface area contributed by atoms with Crippen molar-refractivity contribution in [3.05, 3.63) is 47.6 Å². The van der Waals surface area contributed by atoms with Crippen molar-refractivity contribution in [3.63, 3.8) is 0 Å². The summed E-state index contributed by atoms with van der Waals surface area (Å²) in [6, 6.07) is 9.69. The second kappa shape index (κ2) is 7.37. The molecular formula is C17H22N4O2. The lowest BCUT2D eigenvalue weighted by molar-refractivity contribution is -0.120. The summed E-state index contributed by atoms with van der Waals surface area (Å²) in [5.41, 5.74) is 1.11. The van der Waals surface area contributed by atoms with Gasteiger partial charge < -0.3 is 15.2 Å². The number of nitrogens with one attached hydrogen (secondary N) is 2. The summed E-state index contributed by atoms with van der Waals surface area (Å²) in [7, 11) is 0. The predicted molar refractivity (Wildman–Crippen MR) is 85.7 cm³/mol.